The van der Waals surface area contributed by atoms with E-state index >= 15 is 0 Å². The molecule has 0 bridgehead atoms. The van der Waals surface area contributed by atoms with Crippen molar-refractivity contribution in [2.24, 2.45) is 0 Å². The monoisotopic (exact) mass is 270 g/mol. The van der Waals surface area contributed by atoms with Crippen molar-refractivity contribution in [2.75, 3.05) is 27.2 Å². The highest BCUT2D eigenvalue weighted by molar-refractivity contribution is 7.86. The average molecular weight is 270 g/mol. The van der Waals surface area contributed by atoms with Gasteiger partial charge in [0.1, 0.15) is 12.6 Å². The van der Waals surface area contributed by atoms with Gasteiger partial charge in [-0.25, -0.2) is 0 Å². The van der Waals surface area contributed by atoms with E-state index in [1.165, 1.54) is 0 Å². The van der Waals surface area contributed by atoms with Crippen molar-refractivity contribution in [1.29, 1.82) is 0 Å². The summed E-state index contributed by atoms with van der Waals surface area (Å²) in [5, 5.41) is 0. The van der Waals surface area contributed by atoms with E-state index in [2.05, 4.69) is 14.1 Å². The molecule has 1 saturated heterocycles. The van der Waals surface area contributed by atoms with Gasteiger partial charge in [0.15, 0.2) is 0 Å². The Hall–Kier alpha value is -0.910. The molecule has 1 aromatic carbocycles. The van der Waals surface area contributed by atoms with Gasteiger partial charge in [-0.05, 0) is 19.1 Å². The fourth-order valence-corrected chi connectivity index (χ4v) is 3.34. The number of hydrogen-bond acceptors (Lipinski definition) is 3. The van der Waals surface area contributed by atoms with Crippen molar-refractivity contribution in [2.45, 2.75) is 24.3 Å². The summed E-state index contributed by atoms with van der Waals surface area (Å²) in [4.78, 5) is 0.241. The zero-order valence-electron chi connectivity index (χ0n) is 11.1. The Morgan fingerprint density at radius 3 is 2.33 bits per heavy atom. The summed E-state index contributed by atoms with van der Waals surface area (Å²) < 4.78 is 30.3. The average Bonchev–Trinajstić information content (AvgIpc) is 2.57. The van der Waals surface area contributed by atoms with Crippen molar-refractivity contribution in [3.05, 3.63) is 29.8 Å². The molecule has 0 aliphatic carbocycles. The zero-order chi connectivity index (χ0) is 13.4. The second kappa shape index (κ2) is 4.64. The zero-order valence-corrected chi connectivity index (χ0v) is 11.9. The Labute approximate surface area is 109 Å². The van der Waals surface area contributed by atoms with Gasteiger partial charge in [0.25, 0.3) is 10.1 Å². The van der Waals surface area contributed by atoms with Crippen LogP contribution in [0, 0.1) is 6.92 Å². The molecule has 0 amide bonds. The second-order valence-electron chi connectivity index (χ2n) is 5.62. The fraction of sp³-hybridized carbons (Fsp3) is 0.538. The number of aryl methyl sites for hydroxylation is 1. The van der Waals surface area contributed by atoms with Gasteiger partial charge in [-0.2, -0.15) is 8.42 Å². The van der Waals surface area contributed by atoms with E-state index in [4.69, 9.17) is 4.18 Å². The highest BCUT2D eigenvalue weighted by Gasteiger charge is 2.35. The minimum absolute atomic E-state index is 0.202. The predicted molar refractivity (Wildman–Crippen MR) is 69.7 cm³/mol. The van der Waals surface area contributed by atoms with Gasteiger partial charge in [0.2, 0.25) is 0 Å². The number of likely N-dealkylation sites (N-methyl/N-ethyl adjacent to an activating group) is 1. The summed E-state index contributed by atoms with van der Waals surface area (Å²) in [5.41, 5.74) is 1.03. The van der Waals surface area contributed by atoms with Crippen LogP contribution in [0.2, 0.25) is 0 Å². The van der Waals surface area contributed by atoms with Gasteiger partial charge in [0.05, 0.1) is 25.5 Å². The van der Waals surface area contributed by atoms with Crippen molar-refractivity contribution in [1.82, 2.24) is 0 Å². The molecule has 1 aliphatic rings. The minimum atomic E-state index is -3.62. The molecule has 100 valence electrons. The van der Waals surface area contributed by atoms with Crippen molar-refractivity contribution in [3.8, 4) is 0 Å². The molecule has 5 heteroatoms. The van der Waals surface area contributed by atoms with Crippen LogP contribution in [0.5, 0.6) is 0 Å². The van der Waals surface area contributed by atoms with Gasteiger partial charge in [-0.3, -0.25) is 4.18 Å². The molecule has 0 saturated carbocycles. The molecule has 0 spiro atoms. The summed E-state index contributed by atoms with van der Waals surface area (Å²) in [6, 6.07) is 6.76. The maximum atomic E-state index is 12.1. The number of rotatable bonds is 3. The molecule has 1 unspecified atom stereocenters. The maximum absolute atomic E-state index is 12.1. The Morgan fingerprint density at radius 1 is 1.22 bits per heavy atom. The lowest BCUT2D eigenvalue weighted by Crippen LogP contribution is -2.38. The lowest BCUT2D eigenvalue weighted by molar-refractivity contribution is -0.879. The van der Waals surface area contributed by atoms with E-state index in [9.17, 15) is 8.42 Å². The molecule has 1 heterocycles. The fourth-order valence-electron chi connectivity index (χ4n) is 2.25. The van der Waals surface area contributed by atoms with Gasteiger partial charge < -0.3 is 4.48 Å². The Morgan fingerprint density at radius 2 is 1.83 bits per heavy atom. The Bertz CT molecular complexity index is 520. The first-order chi connectivity index (χ1) is 8.28. The first-order valence-corrected chi connectivity index (χ1v) is 7.51. The molecule has 1 atom stereocenters. The van der Waals surface area contributed by atoms with E-state index in [0.717, 1.165) is 29.6 Å². The van der Waals surface area contributed by atoms with Crippen LogP contribution in [0.15, 0.2) is 29.2 Å². The summed E-state index contributed by atoms with van der Waals surface area (Å²) in [7, 11) is 0.550. The van der Waals surface area contributed by atoms with Gasteiger partial charge in [-0.15, -0.1) is 0 Å². The molecule has 0 radical (unpaired) electrons. The van der Waals surface area contributed by atoms with Crippen LogP contribution in [0.25, 0.3) is 0 Å². The predicted octanol–water partition coefficient (Wildman–Crippen LogP) is 1.55. The van der Waals surface area contributed by atoms with Gasteiger partial charge >= 0.3 is 0 Å². The SMILES string of the molecule is Cc1ccc(S(=O)(=O)OC2CC[N+](C)(C)C2)cc1. The number of likely N-dealkylation sites (tertiary alicyclic amines) is 1. The molecule has 18 heavy (non-hydrogen) atoms. The third kappa shape index (κ3) is 3.10. The summed E-state index contributed by atoms with van der Waals surface area (Å²) in [6.07, 6.45) is 0.587. The van der Waals surface area contributed by atoms with Crippen molar-refractivity contribution >= 4 is 10.1 Å². The van der Waals surface area contributed by atoms with Crippen LogP contribution in [0.3, 0.4) is 0 Å². The van der Waals surface area contributed by atoms with Crippen LogP contribution in [-0.2, 0) is 14.3 Å². The Balaban J connectivity index is 2.11. The van der Waals surface area contributed by atoms with Crippen LogP contribution in [0.1, 0.15) is 12.0 Å². The van der Waals surface area contributed by atoms with Gasteiger partial charge in [0, 0.05) is 6.42 Å². The molecule has 0 N–H and O–H groups in total. The first kappa shape index (κ1) is 13.5. The van der Waals surface area contributed by atoms with E-state index < -0.39 is 10.1 Å². The molecule has 0 aromatic heterocycles. The normalized spacial score (nSPS) is 23.2. The van der Waals surface area contributed by atoms with E-state index in [-0.39, 0.29) is 11.0 Å². The van der Waals surface area contributed by atoms with Crippen molar-refractivity contribution < 1.29 is 17.1 Å². The van der Waals surface area contributed by atoms with E-state index in [1.54, 1.807) is 24.3 Å². The molecule has 1 aliphatic heterocycles. The second-order valence-corrected chi connectivity index (χ2v) is 7.19. The Kier molecular flexibility index (Phi) is 3.49. The highest BCUT2D eigenvalue weighted by Crippen LogP contribution is 2.22. The number of nitrogens with zero attached hydrogens (tertiary/aromatic N) is 1. The molecule has 4 nitrogen and oxygen atoms in total. The number of hydrogen-bond donors (Lipinski definition) is 0. The van der Waals surface area contributed by atoms with Crippen LogP contribution < -0.4 is 0 Å². The minimum Gasteiger partial charge on any atom is -0.326 e. The lowest BCUT2D eigenvalue weighted by atomic mass is 10.2. The smallest absolute Gasteiger partial charge is 0.297 e. The third-order valence-corrected chi connectivity index (χ3v) is 4.70. The molecule has 2 rings (SSSR count). The molecular weight excluding hydrogens is 250 g/mol. The largest absolute Gasteiger partial charge is 0.326 e. The van der Waals surface area contributed by atoms with E-state index in [1.807, 2.05) is 6.92 Å². The highest BCUT2D eigenvalue weighted by atomic mass is 32.2. The quantitative estimate of drug-likeness (QED) is 0.618. The van der Waals surface area contributed by atoms with Crippen LogP contribution in [0.4, 0.5) is 0 Å². The number of benzene rings is 1. The summed E-state index contributed by atoms with van der Waals surface area (Å²) >= 11 is 0. The van der Waals surface area contributed by atoms with Gasteiger partial charge in [-0.1, -0.05) is 17.7 Å². The lowest BCUT2D eigenvalue weighted by Gasteiger charge is -2.22. The van der Waals surface area contributed by atoms with Crippen molar-refractivity contribution in [3.63, 3.8) is 0 Å². The first-order valence-electron chi connectivity index (χ1n) is 6.10. The number of quaternary nitrogens is 1. The topological polar surface area (TPSA) is 43.4 Å². The molecule has 1 fully saturated rings. The van der Waals surface area contributed by atoms with Crippen LogP contribution >= 0.6 is 0 Å². The molecular formula is C13H20NO3S+. The summed E-state index contributed by atoms with van der Waals surface area (Å²) in [6.45, 7) is 3.62. The third-order valence-electron chi connectivity index (χ3n) is 3.33. The van der Waals surface area contributed by atoms with Crippen LogP contribution in [-0.4, -0.2) is 46.2 Å². The maximum Gasteiger partial charge on any atom is 0.297 e. The molecule has 1 aromatic rings. The summed E-state index contributed by atoms with van der Waals surface area (Å²) in [5.74, 6) is 0. The van der Waals surface area contributed by atoms with E-state index in [0.29, 0.717) is 0 Å². The standard InChI is InChI=1S/C13H20NO3S/c1-11-4-6-13(7-5-11)18(15,16)17-12-8-9-14(2,3)10-12/h4-7,12H,8-10H2,1-3H3/q+1.